The van der Waals surface area contributed by atoms with E-state index in [-0.39, 0.29) is 12.4 Å². The van der Waals surface area contributed by atoms with Gasteiger partial charge >= 0.3 is 0 Å². The van der Waals surface area contributed by atoms with E-state index in [0.717, 1.165) is 0 Å². The summed E-state index contributed by atoms with van der Waals surface area (Å²) in [6.45, 7) is 4.54. The lowest BCUT2D eigenvalue weighted by Gasteiger charge is -2.08. The first-order valence-corrected chi connectivity index (χ1v) is 3.45. The third-order valence-corrected chi connectivity index (χ3v) is 1.15. The van der Waals surface area contributed by atoms with Crippen molar-refractivity contribution in [3.63, 3.8) is 0 Å². The highest BCUT2D eigenvalue weighted by Gasteiger charge is 2.06. The number of rotatable bonds is 4. The maximum absolute atomic E-state index is 12.6. The molecule has 10 heavy (non-hydrogen) atoms. The highest BCUT2D eigenvalue weighted by Crippen LogP contribution is 2.06. The summed E-state index contributed by atoms with van der Waals surface area (Å²) >= 11 is 0. The van der Waals surface area contributed by atoms with Gasteiger partial charge in [-0.1, -0.05) is 13.8 Å². The van der Waals surface area contributed by atoms with Gasteiger partial charge in [0.25, 0.3) is 0 Å². The number of hydrogen-bond donors (Lipinski definition) is 1. The topological polar surface area (TPSA) is 12.0 Å². The van der Waals surface area contributed by atoms with Crippen LogP contribution in [0, 0.1) is 5.92 Å². The first-order chi connectivity index (χ1) is 4.16. The van der Waals surface area contributed by atoms with Gasteiger partial charge in [0.15, 0.2) is 0 Å². The second kappa shape index (κ2) is 7.29. The summed E-state index contributed by atoms with van der Waals surface area (Å²) in [7, 11) is 1.77. The molecule has 0 amide bonds. The summed E-state index contributed by atoms with van der Waals surface area (Å²) < 4.78 is 12.6. The minimum absolute atomic E-state index is 0. The summed E-state index contributed by atoms with van der Waals surface area (Å²) in [5, 5.41) is 2.80. The Balaban J connectivity index is 0. The Bertz CT molecular complexity index is 68.6. The van der Waals surface area contributed by atoms with E-state index in [2.05, 4.69) is 5.32 Å². The van der Waals surface area contributed by atoms with E-state index < -0.39 is 6.17 Å². The monoisotopic (exact) mass is 169 g/mol. The molecule has 3 heteroatoms. The molecule has 1 nitrogen and oxygen atoms in total. The van der Waals surface area contributed by atoms with Gasteiger partial charge in [-0.15, -0.1) is 12.4 Å². The molecule has 0 radical (unpaired) electrons. The molecule has 0 saturated carbocycles. The lowest BCUT2D eigenvalue weighted by atomic mass is 10.1. The van der Waals surface area contributed by atoms with Crippen LogP contribution in [0.15, 0.2) is 0 Å². The Morgan fingerprint density at radius 2 is 1.90 bits per heavy atom. The van der Waals surface area contributed by atoms with Crippen LogP contribution in [0.3, 0.4) is 0 Å². The predicted molar refractivity (Wildman–Crippen MR) is 45.5 cm³/mol. The lowest BCUT2D eigenvalue weighted by Crippen LogP contribution is -2.21. The van der Waals surface area contributed by atoms with Crippen molar-refractivity contribution in [3.8, 4) is 0 Å². The van der Waals surface area contributed by atoms with Gasteiger partial charge in [-0.25, -0.2) is 4.39 Å². The van der Waals surface area contributed by atoms with Gasteiger partial charge in [-0.2, -0.15) is 0 Å². The molecule has 0 fully saturated rings. The van der Waals surface area contributed by atoms with Crippen molar-refractivity contribution in [2.45, 2.75) is 26.4 Å². The molecule has 1 N–H and O–H groups in total. The van der Waals surface area contributed by atoms with Gasteiger partial charge in [0.1, 0.15) is 6.17 Å². The van der Waals surface area contributed by atoms with E-state index >= 15 is 0 Å². The first-order valence-electron chi connectivity index (χ1n) is 3.45. The summed E-state index contributed by atoms with van der Waals surface area (Å²) in [6.07, 6.45) is -0.00380. The van der Waals surface area contributed by atoms with Crippen molar-refractivity contribution in [3.05, 3.63) is 0 Å². The zero-order valence-electron chi connectivity index (χ0n) is 6.86. The third-order valence-electron chi connectivity index (χ3n) is 1.15. The summed E-state index contributed by atoms with van der Waals surface area (Å²) in [5.74, 6) is 0.466. The summed E-state index contributed by atoms with van der Waals surface area (Å²) in [5.41, 5.74) is 0. The smallest absolute Gasteiger partial charge is 0.113 e. The fourth-order valence-corrected chi connectivity index (χ4v) is 0.816. The van der Waals surface area contributed by atoms with Crippen molar-refractivity contribution in [2.24, 2.45) is 5.92 Å². The molecule has 0 heterocycles. The predicted octanol–water partition coefficient (Wildman–Crippen LogP) is 2.01. The molecule has 0 aromatic rings. The van der Waals surface area contributed by atoms with Gasteiger partial charge in [-0.3, -0.25) is 0 Å². The normalized spacial score (nSPS) is 12.9. The lowest BCUT2D eigenvalue weighted by molar-refractivity contribution is 0.278. The molecule has 0 saturated heterocycles. The van der Waals surface area contributed by atoms with Crippen LogP contribution in [0.25, 0.3) is 0 Å². The van der Waals surface area contributed by atoms with Crippen LogP contribution in [-0.4, -0.2) is 19.8 Å². The standard InChI is InChI=1S/C7H16FN.ClH/c1-6(2)4-7(8)5-9-3;/h6-7,9H,4-5H2,1-3H3;1H. The molecule has 0 rings (SSSR count). The molecule has 0 aromatic carbocycles. The molecule has 0 spiro atoms. The van der Waals surface area contributed by atoms with E-state index in [4.69, 9.17) is 0 Å². The number of halogens is 2. The highest BCUT2D eigenvalue weighted by atomic mass is 35.5. The van der Waals surface area contributed by atoms with Crippen LogP contribution in [-0.2, 0) is 0 Å². The zero-order chi connectivity index (χ0) is 7.28. The average molecular weight is 170 g/mol. The molecule has 1 atom stereocenters. The maximum atomic E-state index is 12.6. The number of hydrogen-bond acceptors (Lipinski definition) is 1. The second-order valence-electron chi connectivity index (χ2n) is 2.78. The van der Waals surface area contributed by atoms with Crippen LogP contribution in [0.5, 0.6) is 0 Å². The molecule has 0 aliphatic carbocycles. The fraction of sp³-hybridized carbons (Fsp3) is 1.00. The Morgan fingerprint density at radius 1 is 1.40 bits per heavy atom. The summed E-state index contributed by atoms with van der Waals surface area (Å²) in [6, 6.07) is 0. The molecule has 0 bridgehead atoms. The molecule has 1 unspecified atom stereocenters. The molecule has 0 aromatic heterocycles. The van der Waals surface area contributed by atoms with Crippen LogP contribution < -0.4 is 5.32 Å². The largest absolute Gasteiger partial charge is 0.317 e. The number of alkyl halides is 1. The summed E-state index contributed by atoms with van der Waals surface area (Å²) in [4.78, 5) is 0. The van der Waals surface area contributed by atoms with Gasteiger partial charge in [0, 0.05) is 6.54 Å². The quantitative estimate of drug-likeness (QED) is 0.679. The van der Waals surface area contributed by atoms with Crippen molar-refractivity contribution in [1.29, 1.82) is 0 Å². The van der Waals surface area contributed by atoms with Crippen LogP contribution in [0.1, 0.15) is 20.3 Å². The maximum Gasteiger partial charge on any atom is 0.113 e. The van der Waals surface area contributed by atoms with Gasteiger partial charge in [0.2, 0.25) is 0 Å². The van der Waals surface area contributed by atoms with Crippen LogP contribution >= 0.6 is 12.4 Å². The van der Waals surface area contributed by atoms with E-state index in [1.54, 1.807) is 7.05 Å². The highest BCUT2D eigenvalue weighted by molar-refractivity contribution is 5.85. The van der Waals surface area contributed by atoms with E-state index in [0.29, 0.717) is 18.9 Å². The minimum atomic E-state index is -0.671. The van der Waals surface area contributed by atoms with Gasteiger partial charge in [0.05, 0.1) is 0 Å². The van der Waals surface area contributed by atoms with Crippen LogP contribution in [0.4, 0.5) is 4.39 Å². The van der Waals surface area contributed by atoms with E-state index in [9.17, 15) is 4.39 Å². The van der Waals surface area contributed by atoms with Crippen molar-refractivity contribution in [2.75, 3.05) is 13.6 Å². The first kappa shape index (κ1) is 12.8. The molecule has 0 aliphatic heterocycles. The second-order valence-corrected chi connectivity index (χ2v) is 2.78. The molecule has 0 aliphatic rings. The van der Waals surface area contributed by atoms with E-state index in [1.165, 1.54) is 0 Å². The third kappa shape index (κ3) is 8.18. The fourth-order valence-electron chi connectivity index (χ4n) is 0.816. The Labute approximate surface area is 68.8 Å². The molecular weight excluding hydrogens is 153 g/mol. The van der Waals surface area contributed by atoms with E-state index in [1.807, 2.05) is 13.8 Å². The van der Waals surface area contributed by atoms with Crippen molar-refractivity contribution >= 4 is 12.4 Å². The van der Waals surface area contributed by atoms with Crippen LogP contribution in [0.2, 0.25) is 0 Å². The van der Waals surface area contributed by atoms with Gasteiger partial charge in [-0.05, 0) is 19.4 Å². The number of nitrogens with one attached hydrogen (secondary N) is 1. The van der Waals surface area contributed by atoms with Gasteiger partial charge < -0.3 is 5.32 Å². The van der Waals surface area contributed by atoms with Crippen molar-refractivity contribution < 1.29 is 4.39 Å². The zero-order valence-corrected chi connectivity index (χ0v) is 7.67. The molecule has 64 valence electrons. The SMILES string of the molecule is CNCC(F)CC(C)C.Cl. The van der Waals surface area contributed by atoms with Crippen molar-refractivity contribution in [1.82, 2.24) is 5.32 Å². The Kier molecular flexibility index (Phi) is 9.35. The minimum Gasteiger partial charge on any atom is -0.317 e. The average Bonchev–Trinajstić information content (AvgIpc) is 1.63. The molecular formula is C7H17ClFN. The Morgan fingerprint density at radius 3 is 2.20 bits per heavy atom. The Hall–Kier alpha value is 0.180.